The van der Waals surface area contributed by atoms with Crippen LogP contribution in [0, 0.1) is 6.92 Å². The highest BCUT2D eigenvalue weighted by Crippen LogP contribution is 2.51. The van der Waals surface area contributed by atoms with Gasteiger partial charge in [-0.25, -0.2) is 0 Å². The molecule has 0 aliphatic carbocycles. The van der Waals surface area contributed by atoms with Gasteiger partial charge in [0.15, 0.2) is 17.8 Å². The van der Waals surface area contributed by atoms with Gasteiger partial charge >= 0.3 is 0 Å². The first kappa shape index (κ1) is 15.5. The Labute approximate surface area is 146 Å². The molecule has 0 amide bonds. The van der Waals surface area contributed by atoms with Gasteiger partial charge in [0.05, 0.1) is 14.2 Å². The van der Waals surface area contributed by atoms with Crippen LogP contribution in [-0.4, -0.2) is 20.5 Å². The van der Waals surface area contributed by atoms with Gasteiger partial charge in [0, 0.05) is 16.5 Å². The Morgan fingerprint density at radius 3 is 2.04 bits per heavy atom. The Kier molecular flexibility index (Phi) is 3.57. The lowest BCUT2D eigenvalue weighted by Gasteiger charge is -2.23. The third-order valence-corrected chi connectivity index (χ3v) is 4.89. The third kappa shape index (κ3) is 2.02. The van der Waals surface area contributed by atoms with E-state index in [1.165, 1.54) is 0 Å². The number of rotatable bonds is 4. The molecule has 0 unspecified atom stereocenters. The van der Waals surface area contributed by atoms with E-state index in [0.717, 1.165) is 44.5 Å². The normalized spacial score (nSPS) is 11.2. The summed E-state index contributed by atoms with van der Waals surface area (Å²) in [5.74, 6) is 1.37. The summed E-state index contributed by atoms with van der Waals surface area (Å²) in [6.07, 6.45) is 0.935. The van der Waals surface area contributed by atoms with Crippen LogP contribution in [0.3, 0.4) is 0 Å². The Balaban J connectivity index is 2.35. The molecule has 0 spiro atoms. The van der Waals surface area contributed by atoms with Crippen LogP contribution in [0.1, 0.15) is 15.9 Å². The maximum Gasteiger partial charge on any atom is 0.169 e. The van der Waals surface area contributed by atoms with Crippen molar-refractivity contribution in [2.24, 2.45) is 0 Å². The number of hydrogen-bond acceptors (Lipinski definition) is 3. The van der Waals surface area contributed by atoms with Crippen LogP contribution in [0.5, 0.6) is 11.5 Å². The number of aldehydes is 1. The molecule has 3 nitrogen and oxygen atoms in total. The fourth-order valence-corrected chi connectivity index (χ4v) is 3.88. The summed E-state index contributed by atoms with van der Waals surface area (Å²) < 4.78 is 11.5. The summed E-state index contributed by atoms with van der Waals surface area (Å²) in [5.41, 5.74) is 3.80. The van der Waals surface area contributed by atoms with Crippen LogP contribution < -0.4 is 9.47 Å². The first-order valence-electron chi connectivity index (χ1n) is 8.15. The van der Waals surface area contributed by atoms with E-state index < -0.39 is 0 Å². The monoisotopic (exact) mass is 330 g/mol. The molecule has 124 valence electrons. The predicted octanol–water partition coefficient (Wildman–Crippen LogP) is 5.24. The molecule has 0 saturated carbocycles. The molecule has 4 rings (SSSR count). The smallest absolute Gasteiger partial charge is 0.169 e. The summed E-state index contributed by atoms with van der Waals surface area (Å²) >= 11 is 0. The summed E-state index contributed by atoms with van der Waals surface area (Å²) in [5, 5.41) is 3.81. The van der Waals surface area contributed by atoms with E-state index in [-0.39, 0.29) is 0 Å². The SMILES string of the molecule is COc1c(OC)c2c(C)c(c1-c1ccccc1)c1cccc2c1C=O. The van der Waals surface area contributed by atoms with Crippen molar-refractivity contribution in [1.82, 2.24) is 0 Å². The van der Waals surface area contributed by atoms with Crippen molar-refractivity contribution in [3.05, 3.63) is 59.7 Å². The van der Waals surface area contributed by atoms with Crippen molar-refractivity contribution >= 4 is 27.8 Å². The molecule has 0 N–H and O–H groups in total. The molecule has 0 radical (unpaired) electrons. The van der Waals surface area contributed by atoms with E-state index in [1.807, 2.05) is 48.5 Å². The molecule has 0 aliphatic heterocycles. The number of fused-ring (bicyclic) bond motifs is 6. The highest BCUT2D eigenvalue weighted by molar-refractivity contribution is 6.22. The van der Waals surface area contributed by atoms with Gasteiger partial charge in [0.1, 0.15) is 0 Å². The van der Waals surface area contributed by atoms with Gasteiger partial charge < -0.3 is 9.47 Å². The van der Waals surface area contributed by atoms with E-state index in [0.29, 0.717) is 17.1 Å². The molecule has 0 saturated heterocycles. The second-order valence-electron chi connectivity index (χ2n) is 6.07. The average molecular weight is 330 g/mol. The predicted molar refractivity (Wildman–Crippen MR) is 101 cm³/mol. The van der Waals surface area contributed by atoms with Crippen LogP contribution in [0.25, 0.3) is 32.7 Å². The number of aryl methyl sites for hydroxylation is 1. The minimum absolute atomic E-state index is 0.669. The van der Waals surface area contributed by atoms with Gasteiger partial charge in [-0.2, -0.15) is 0 Å². The van der Waals surface area contributed by atoms with E-state index in [9.17, 15) is 4.79 Å². The Morgan fingerprint density at radius 2 is 1.44 bits per heavy atom. The van der Waals surface area contributed by atoms with Crippen LogP contribution in [-0.2, 0) is 0 Å². The van der Waals surface area contributed by atoms with Gasteiger partial charge in [-0.1, -0.05) is 48.5 Å². The maximum atomic E-state index is 11.8. The number of hydrogen-bond donors (Lipinski definition) is 0. The quantitative estimate of drug-likeness (QED) is 0.480. The van der Waals surface area contributed by atoms with Crippen LogP contribution >= 0.6 is 0 Å². The largest absolute Gasteiger partial charge is 0.492 e. The molecular formula is C22H18O3. The lowest BCUT2D eigenvalue weighted by Crippen LogP contribution is -2.02. The minimum Gasteiger partial charge on any atom is -0.492 e. The first-order valence-corrected chi connectivity index (χ1v) is 8.15. The van der Waals surface area contributed by atoms with Gasteiger partial charge in [-0.3, -0.25) is 4.79 Å². The van der Waals surface area contributed by atoms with Crippen molar-refractivity contribution in [3.63, 3.8) is 0 Å². The zero-order chi connectivity index (χ0) is 17.6. The van der Waals surface area contributed by atoms with E-state index in [1.54, 1.807) is 14.2 Å². The zero-order valence-corrected chi connectivity index (χ0v) is 14.4. The molecule has 4 aromatic carbocycles. The van der Waals surface area contributed by atoms with Gasteiger partial charge in [0.25, 0.3) is 0 Å². The van der Waals surface area contributed by atoms with Crippen LogP contribution in [0.4, 0.5) is 0 Å². The molecule has 0 fully saturated rings. The van der Waals surface area contributed by atoms with Crippen molar-refractivity contribution in [2.75, 3.05) is 14.2 Å². The van der Waals surface area contributed by atoms with Crippen molar-refractivity contribution < 1.29 is 14.3 Å². The van der Waals surface area contributed by atoms with Gasteiger partial charge in [0.2, 0.25) is 0 Å². The van der Waals surface area contributed by atoms with Crippen LogP contribution in [0.15, 0.2) is 48.5 Å². The zero-order valence-electron chi connectivity index (χ0n) is 14.4. The number of methoxy groups -OCH3 is 2. The third-order valence-electron chi connectivity index (χ3n) is 4.89. The second-order valence-corrected chi connectivity index (χ2v) is 6.07. The van der Waals surface area contributed by atoms with E-state index in [4.69, 9.17) is 9.47 Å². The molecule has 0 atom stereocenters. The summed E-state index contributed by atoms with van der Waals surface area (Å²) in [7, 11) is 3.30. The fourth-order valence-electron chi connectivity index (χ4n) is 3.88. The molecule has 0 aromatic heterocycles. The number of benzene rings is 4. The highest BCUT2D eigenvalue weighted by atomic mass is 16.5. The summed E-state index contributed by atoms with van der Waals surface area (Å²) in [6.45, 7) is 2.08. The lowest BCUT2D eigenvalue weighted by molar-refractivity contribution is 0.112. The topological polar surface area (TPSA) is 35.5 Å². The number of ether oxygens (including phenoxy) is 2. The van der Waals surface area contributed by atoms with E-state index in [2.05, 4.69) is 6.92 Å². The molecule has 0 aliphatic rings. The Hall–Kier alpha value is -3.07. The average Bonchev–Trinajstić information content (AvgIpc) is 2.66. The second kappa shape index (κ2) is 5.78. The fraction of sp³-hybridized carbons (Fsp3) is 0.136. The Bertz CT molecular complexity index is 1080. The number of carbonyl (C=O) groups is 1. The van der Waals surface area contributed by atoms with Crippen molar-refractivity contribution in [2.45, 2.75) is 6.92 Å². The van der Waals surface area contributed by atoms with Crippen molar-refractivity contribution in [1.29, 1.82) is 0 Å². The first-order chi connectivity index (χ1) is 12.2. The summed E-state index contributed by atoms with van der Waals surface area (Å²) in [4.78, 5) is 11.8. The lowest BCUT2D eigenvalue weighted by atomic mass is 9.85. The minimum atomic E-state index is 0.669. The standard InChI is InChI=1S/C22H18O3/c1-13-18-15-10-7-11-16(17(15)12-23)19(13)21(24-2)22(25-3)20(18)14-8-5-4-6-9-14/h4-12H,1-3H3. The van der Waals surface area contributed by atoms with Crippen LogP contribution in [0.2, 0.25) is 0 Å². The molecular weight excluding hydrogens is 312 g/mol. The van der Waals surface area contributed by atoms with Gasteiger partial charge in [-0.05, 0) is 34.2 Å². The molecule has 25 heavy (non-hydrogen) atoms. The van der Waals surface area contributed by atoms with Gasteiger partial charge in [-0.15, -0.1) is 0 Å². The molecule has 3 heteroatoms. The molecule has 0 heterocycles. The maximum absolute atomic E-state index is 11.8. The Morgan fingerprint density at radius 1 is 0.800 bits per heavy atom. The highest BCUT2D eigenvalue weighted by Gasteiger charge is 2.25. The summed E-state index contributed by atoms with van der Waals surface area (Å²) in [6, 6.07) is 16.0. The molecule has 4 aromatic rings. The van der Waals surface area contributed by atoms with E-state index >= 15 is 0 Å². The molecule has 4 bridgehead atoms. The van der Waals surface area contributed by atoms with Crippen molar-refractivity contribution in [3.8, 4) is 22.6 Å². The number of carbonyl (C=O) groups excluding carboxylic acids is 1.